The van der Waals surface area contributed by atoms with Gasteiger partial charge in [-0.15, -0.1) is 0 Å². The maximum Gasteiger partial charge on any atom is 0.271 e. The maximum atomic E-state index is 12.2. The fourth-order valence-corrected chi connectivity index (χ4v) is 2.16. The van der Waals surface area contributed by atoms with Crippen LogP contribution in [0.1, 0.15) is 37.2 Å². The van der Waals surface area contributed by atoms with E-state index in [0.29, 0.717) is 12.2 Å². The number of nitro groups is 1. The Kier molecular flexibility index (Phi) is 5.30. The normalized spacial score (nSPS) is 11.3. The van der Waals surface area contributed by atoms with E-state index in [2.05, 4.69) is 10.4 Å². The van der Waals surface area contributed by atoms with Crippen LogP contribution in [-0.2, 0) is 0 Å². The molecule has 3 N–H and O–H groups in total. The number of amides is 1. The number of hydrogen-bond acceptors (Lipinski definition) is 5. The van der Waals surface area contributed by atoms with Crippen molar-refractivity contribution in [2.45, 2.75) is 32.2 Å². The lowest BCUT2D eigenvalue weighted by Gasteiger charge is -2.26. The highest BCUT2D eigenvalue weighted by Gasteiger charge is 2.22. The van der Waals surface area contributed by atoms with Crippen molar-refractivity contribution in [3.05, 3.63) is 52.3 Å². The van der Waals surface area contributed by atoms with Gasteiger partial charge in [0.15, 0.2) is 5.69 Å². The Morgan fingerprint density at radius 2 is 1.92 bits per heavy atom. The van der Waals surface area contributed by atoms with Gasteiger partial charge >= 0.3 is 0 Å². The van der Waals surface area contributed by atoms with E-state index < -0.39 is 10.5 Å². The van der Waals surface area contributed by atoms with Gasteiger partial charge in [0.1, 0.15) is 0 Å². The van der Waals surface area contributed by atoms with Crippen LogP contribution < -0.4 is 11.1 Å². The zero-order valence-electron chi connectivity index (χ0n) is 13.7. The minimum atomic E-state index is -0.466. The molecule has 2 rings (SSSR count). The van der Waals surface area contributed by atoms with E-state index in [1.165, 1.54) is 16.8 Å². The van der Waals surface area contributed by atoms with Gasteiger partial charge in [-0.3, -0.25) is 14.9 Å². The summed E-state index contributed by atoms with van der Waals surface area (Å²) in [5.41, 5.74) is 6.65. The van der Waals surface area contributed by atoms with Crippen LogP contribution in [0.3, 0.4) is 0 Å². The number of nitro benzene ring substituents is 1. The van der Waals surface area contributed by atoms with E-state index in [0.717, 1.165) is 12.8 Å². The largest absolute Gasteiger partial charge is 0.349 e. The fourth-order valence-electron chi connectivity index (χ4n) is 2.16. The number of rotatable bonds is 7. The van der Waals surface area contributed by atoms with Crippen LogP contribution in [-0.4, -0.2) is 32.7 Å². The van der Waals surface area contributed by atoms with Gasteiger partial charge in [0.2, 0.25) is 0 Å². The van der Waals surface area contributed by atoms with Crippen LogP contribution in [0.2, 0.25) is 0 Å². The molecule has 0 atom stereocenters. The molecule has 0 aliphatic heterocycles. The minimum absolute atomic E-state index is 0.00212. The molecule has 8 heteroatoms. The second-order valence-electron chi connectivity index (χ2n) is 5.67. The monoisotopic (exact) mass is 331 g/mol. The lowest BCUT2D eigenvalue weighted by molar-refractivity contribution is -0.384. The molecule has 0 fully saturated rings. The molecular weight excluding hydrogens is 310 g/mol. The topological polar surface area (TPSA) is 116 Å². The molecule has 128 valence electrons. The second-order valence-corrected chi connectivity index (χ2v) is 5.67. The van der Waals surface area contributed by atoms with Crippen LogP contribution in [0.5, 0.6) is 0 Å². The Morgan fingerprint density at radius 1 is 1.29 bits per heavy atom. The van der Waals surface area contributed by atoms with Gasteiger partial charge < -0.3 is 11.1 Å². The summed E-state index contributed by atoms with van der Waals surface area (Å²) in [6.45, 7) is 4.35. The maximum absolute atomic E-state index is 12.2. The number of benzene rings is 1. The zero-order valence-corrected chi connectivity index (χ0v) is 13.7. The van der Waals surface area contributed by atoms with E-state index in [4.69, 9.17) is 5.73 Å². The molecule has 1 amide bonds. The number of carbonyl (C=O) groups is 1. The molecule has 1 aromatic heterocycles. The first-order valence-electron chi connectivity index (χ1n) is 7.76. The molecule has 0 spiro atoms. The third kappa shape index (κ3) is 3.96. The Bertz CT molecular complexity index is 720. The number of carbonyl (C=O) groups excluding carboxylic acids is 1. The summed E-state index contributed by atoms with van der Waals surface area (Å²) < 4.78 is 1.49. The molecule has 24 heavy (non-hydrogen) atoms. The van der Waals surface area contributed by atoms with Crippen LogP contribution in [0.15, 0.2) is 36.5 Å². The van der Waals surface area contributed by atoms with Crippen LogP contribution in [0.4, 0.5) is 5.69 Å². The Morgan fingerprint density at radius 3 is 2.46 bits per heavy atom. The Balaban J connectivity index is 2.07. The highest BCUT2D eigenvalue weighted by molar-refractivity contribution is 5.92. The molecule has 0 radical (unpaired) electrons. The van der Waals surface area contributed by atoms with Gasteiger partial charge in [-0.1, -0.05) is 13.8 Å². The quantitative estimate of drug-likeness (QED) is 0.595. The number of nitrogens with one attached hydrogen (secondary N) is 1. The SMILES string of the molecule is CCC(N)(CC)CNC(=O)c1ccn(-c2ccc([N+](=O)[O-])cc2)n1. The molecule has 1 aromatic carbocycles. The average Bonchev–Trinajstić information content (AvgIpc) is 3.09. The minimum Gasteiger partial charge on any atom is -0.349 e. The number of hydrogen-bond donors (Lipinski definition) is 2. The summed E-state index contributed by atoms with van der Waals surface area (Å²) in [6.07, 6.45) is 3.16. The summed E-state index contributed by atoms with van der Waals surface area (Å²) in [5, 5.41) is 17.7. The lowest BCUT2D eigenvalue weighted by Crippen LogP contribution is -2.49. The highest BCUT2D eigenvalue weighted by atomic mass is 16.6. The molecule has 0 saturated carbocycles. The van der Waals surface area contributed by atoms with E-state index in [9.17, 15) is 14.9 Å². The van der Waals surface area contributed by atoms with Crippen LogP contribution >= 0.6 is 0 Å². The van der Waals surface area contributed by atoms with Crippen molar-refractivity contribution in [2.24, 2.45) is 5.73 Å². The highest BCUT2D eigenvalue weighted by Crippen LogP contribution is 2.15. The van der Waals surface area contributed by atoms with Gasteiger partial charge in [-0.05, 0) is 31.0 Å². The molecule has 2 aromatic rings. The third-order valence-corrected chi connectivity index (χ3v) is 4.16. The van der Waals surface area contributed by atoms with E-state index in [-0.39, 0.29) is 17.3 Å². The number of nitrogens with zero attached hydrogens (tertiary/aromatic N) is 3. The molecule has 0 unspecified atom stereocenters. The number of nitrogens with two attached hydrogens (primary N) is 1. The van der Waals surface area contributed by atoms with E-state index in [1.807, 2.05) is 13.8 Å². The summed E-state index contributed by atoms with van der Waals surface area (Å²) in [6, 6.07) is 7.52. The van der Waals surface area contributed by atoms with Crippen molar-refractivity contribution >= 4 is 11.6 Å². The van der Waals surface area contributed by atoms with Crippen molar-refractivity contribution in [2.75, 3.05) is 6.54 Å². The van der Waals surface area contributed by atoms with E-state index >= 15 is 0 Å². The Labute approximate surface area is 139 Å². The van der Waals surface area contributed by atoms with Gasteiger partial charge in [0.05, 0.1) is 10.6 Å². The molecule has 0 bridgehead atoms. The van der Waals surface area contributed by atoms with Crippen molar-refractivity contribution in [1.29, 1.82) is 0 Å². The standard InChI is InChI=1S/C16H21N5O3/c1-3-16(17,4-2)11-18-15(22)14-9-10-20(19-14)12-5-7-13(8-6-12)21(23)24/h5-10H,3-4,11,17H2,1-2H3,(H,18,22). The first-order chi connectivity index (χ1) is 11.4. The Hall–Kier alpha value is -2.74. The smallest absolute Gasteiger partial charge is 0.271 e. The van der Waals surface area contributed by atoms with Gasteiger partial charge in [0, 0.05) is 30.4 Å². The predicted molar refractivity (Wildman–Crippen MR) is 90.1 cm³/mol. The van der Waals surface area contributed by atoms with Crippen LogP contribution in [0.25, 0.3) is 5.69 Å². The summed E-state index contributed by atoms with van der Waals surface area (Å²) in [7, 11) is 0. The molecular formula is C16H21N5O3. The lowest BCUT2D eigenvalue weighted by atomic mass is 9.94. The average molecular weight is 331 g/mol. The van der Waals surface area contributed by atoms with Gasteiger partial charge in [0.25, 0.3) is 11.6 Å². The zero-order chi connectivity index (χ0) is 17.7. The van der Waals surface area contributed by atoms with Crippen molar-refractivity contribution in [3.8, 4) is 5.69 Å². The molecule has 8 nitrogen and oxygen atoms in total. The van der Waals surface area contributed by atoms with Crippen molar-refractivity contribution in [3.63, 3.8) is 0 Å². The summed E-state index contributed by atoms with van der Waals surface area (Å²) in [5.74, 6) is -0.299. The number of aromatic nitrogens is 2. The van der Waals surface area contributed by atoms with Gasteiger partial charge in [-0.25, -0.2) is 4.68 Å². The first kappa shape index (κ1) is 17.6. The van der Waals surface area contributed by atoms with E-state index in [1.54, 1.807) is 24.4 Å². The number of non-ortho nitro benzene ring substituents is 1. The van der Waals surface area contributed by atoms with Gasteiger partial charge in [-0.2, -0.15) is 5.10 Å². The molecule has 1 heterocycles. The molecule has 0 aliphatic carbocycles. The third-order valence-electron chi connectivity index (χ3n) is 4.16. The molecule has 0 aliphatic rings. The molecule has 0 saturated heterocycles. The first-order valence-corrected chi connectivity index (χ1v) is 7.76. The predicted octanol–water partition coefficient (Wildman–Crippen LogP) is 2.03. The van der Waals surface area contributed by atoms with Crippen molar-refractivity contribution < 1.29 is 9.72 Å². The fraction of sp³-hybridized carbons (Fsp3) is 0.375. The summed E-state index contributed by atoms with van der Waals surface area (Å²) in [4.78, 5) is 22.4. The van der Waals surface area contributed by atoms with Crippen molar-refractivity contribution in [1.82, 2.24) is 15.1 Å². The summed E-state index contributed by atoms with van der Waals surface area (Å²) >= 11 is 0. The van der Waals surface area contributed by atoms with Crippen LogP contribution in [0, 0.1) is 10.1 Å². The second kappa shape index (κ2) is 7.22.